The largest absolute Gasteiger partial charge is 0.359 e. The van der Waals surface area contributed by atoms with Crippen LogP contribution in [0.15, 0.2) is 33.6 Å². The molecular formula is C18H28N6S. The molecule has 0 aliphatic heterocycles. The molecule has 7 heteroatoms. The second-order valence-corrected chi connectivity index (χ2v) is 6.81. The summed E-state index contributed by atoms with van der Waals surface area (Å²) >= 11 is 1.60. The number of hydrogen-bond acceptors (Lipinski definition) is 5. The lowest BCUT2D eigenvalue weighted by Crippen LogP contribution is -2.36. The van der Waals surface area contributed by atoms with Crippen molar-refractivity contribution in [1.82, 2.24) is 15.6 Å². The number of anilines is 1. The van der Waals surface area contributed by atoms with Gasteiger partial charge in [0.2, 0.25) is 0 Å². The minimum Gasteiger partial charge on any atom is -0.359 e. The first-order valence-corrected chi connectivity index (χ1v) is 9.64. The molecule has 0 spiro atoms. The molecule has 1 saturated carbocycles. The fraction of sp³-hybridized carbons (Fsp3) is 0.500. The molecule has 1 aromatic heterocycles. The van der Waals surface area contributed by atoms with Crippen molar-refractivity contribution < 1.29 is 0 Å². The summed E-state index contributed by atoms with van der Waals surface area (Å²) in [5.41, 5.74) is 1.63. The van der Waals surface area contributed by atoms with E-state index < -0.39 is 0 Å². The van der Waals surface area contributed by atoms with E-state index in [2.05, 4.69) is 39.3 Å². The molecule has 0 aromatic carbocycles. The first-order chi connectivity index (χ1) is 12.2. The van der Waals surface area contributed by atoms with E-state index in [-0.39, 0.29) is 0 Å². The van der Waals surface area contributed by atoms with Gasteiger partial charge in [0.15, 0.2) is 5.96 Å². The number of aromatic nitrogens is 1. The van der Waals surface area contributed by atoms with Crippen molar-refractivity contribution >= 4 is 36.0 Å². The van der Waals surface area contributed by atoms with Gasteiger partial charge in [-0.2, -0.15) is 0 Å². The van der Waals surface area contributed by atoms with E-state index in [1.165, 1.54) is 12.8 Å². The van der Waals surface area contributed by atoms with Gasteiger partial charge in [-0.1, -0.05) is 6.07 Å². The van der Waals surface area contributed by atoms with Gasteiger partial charge in [-0.25, -0.2) is 4.98 Å². The number of pyridine rings is 1. The van der Waals surface area contributed by atoms with Crippen molar-refractivity contribution in [2.45, 2.75) is 19.8 Å². The molecule has 6 nitrogen and oxygen atoms in total. The Morgan fingerprint density at radius 2 is 2.24 bits per heavy atom. The second kappa shape index (κ2) is 10.1. The fourth-order valence-corrected chi connectivity index (χ4v) is 3.01. The molecule has 1 heterocycles. The highest BCUT2D eigenvalue weighted by Crippen LogP contribution is 2.30. The maximum absolute atomic E-state index is 4.74. The standard InChI is InChI=1S/C18H28N6S/c1-5-21-18(20-3)22-13-25-12-16(19-2)15-7-6-8-17(23-15)24(4)11-14-9-10-14/h6-8,12,14H,2,5,9-11,13H2,1,3-4H3,(H2,20,21,22)/b16-12-. The Labute approximate surface area is 154 Å². The quantitative estimate of drug-likeness (QED) is 0.307. The number of guanidine groups is 1. The van der Waals surface area contributed by atoms with E-state index in [1.54, 1.807) is 18.8 Å². The van der Waals surface area contributed by atoms with Gasteiger partial charge in [-0.3, -0.25) is 9.98 Å². The average Bonchev–Trinajstić information content (AvgIpc) is 3.45. The van der Waals surface area contributed by atoms with E-state index in [1.807, 2.05) is 30.5 Å². The van der Waals surface area contributed by atoms with E-state index in [9.17, 15) is 0 Å². The van der Waals surface area contributed by atoms with Gasteiger partial charge in [0.05, 0.1) is 17.3 Å². The normalized spacial score (nSPS) is 15.0. The van der Waals surface area contributed by atoms with Crippen LogP contribution in [0, 0.1) is 5.92 Å². The molecule has 1 fully saturated rings. The lowest BCUT2D eigenvalue weighted by molar-refractivity contribution is 0.777. The predicted octanol–water partition coefficient (Wildman–Crippen LogP) is 2.80. The van der Waals surface area contributed by atoms with Crippen molar-refractivity contribution in [2.75, 3.05) is 38.0 Å². The van der Waals surface area contributed by atoms with Crippen LogP contribution in [0.5, 0.6) is 0 Å². The van der Waals surface area contributed by atoms with Crippen molar-refractivity contribution in [1.29, 1.82) is 0 Å². The number of nitrogens with one attached hydrogen (secondary N) is 2. The molecule has 136 valence electrons. The molecule has 0 saturated heterocycles. The van der Waals surface area contributed by atoms with Crippen LogP contribution < -0.4 is 15.5 Å². The Bertz CT molecular complexity index is 624. The lowest BCUT2D eigenvalue weighted by Gasteiger charge is -2.18. The molecule has 1 aliphatic carbocycles. The summed E-state index contributed by atoms with van der Waals surface area (Å²) in [4.78, 5) is 15.2. The number of nitrogens with zero attached hydrogens (tertiary/aromatic N) is 4. The van der Waals surface area contributed by atoms with Crippen LogP contribution in [0.4, 0.5) is 5.82 Å². The van der Waals surface area contributed by atoms with E-state index in [0.29, 0.717) is 5.88 Å². The van der Waals surface area contributed by atoms with Crippen LogP contribution in [0.2, 0.25) is 0 Å². The molecule has 0 radical (unpaired) electrons. The number of thioether (sulfide) groups is 1. The van der Waals surface area contributed by atoms with Crippen molar-refractivity contribution in [3.8, 4) is 0 Å². The third kappa shape index (κ3) is 6.42. The average molecular weight is 361 g/mol. The minimum atomic E-state index is 0.694. The van der Waals surface area contributed by atoms with Gasteiger partial charge in [-0.15, -0.1) is 11.8 Å². The molecular weight excluding hydrogens is 332 g/mol. The second-order valence-electron chi connectivity index (χ2n) is 5.96. The van der Waals surface area contributed by atoms with E-state index >= 15 is 0 Å². The zero-order valence-corrected chi connectivity index (χ0v) is 16.1. The Balaban J connectivity index is 1.95. The van der Waals surface area contributed by atoms with Crippen LogP contribution in [-0.4, -0.2) is 50.7 Å². The SMILES string of the molecule is C=N/C(=C\SCNC(=NC)NCC)c1cccc(N(C)CC2CC2)n1. The maximum Gasteiger partial charge on any atom is 0.191 e. The Morgan fingerprint density at radius 3 is 2.88 bits per heavy atom. The number of rotatable bonds is 9. The molecule has 1 aliphatic rings. The molecule has 2 rings (SSSR count). The summed E-state index contributed by atoms with van der Waals surface area (Å²) < 4.78 is 0. The van der Waals surface area contributed by atoms with Crippen LogP contribution in [0.1, 0.15) is 25.5 Å². The Hall–Kier alpha value is -2.02. The Kier molecular flexibility index (Phi) is 7.78. The third-order valence-electron chi connectivity index (χ3n) is 3.87. The molecule has 0 atom stereocenters. The molecule has 25 heavy (non-hydrogen) atoms. The molecule has 1 aromatic rings. The summed E-state index contributed by atoms with van der Waals surface area (Å²) in [5.74, 6) is 3.30. The van der Waals surface area contributed by atoms with Crippen LogP contribution >= 0.6 is 11.8 Å². The topological polar surface area (TPSA) is 64.9 Å². The summed E-state index contributed by atoms with van der Waals surface area (Å²) in [6.45, 7) is 7.64. The zero-order chi connectivity index (χ0) is 18.1. The fourth-order valence-electron chi connectivity index (χ4n) is 2.36. The van der Waals surface area contributed by atoms with Gasteiger partial charge >= 0.3 is 0 Å². The molecule has 2 N–H and O–H groups in total. The van der Waals surface area contributed by atoms with Crippen molar-refractivity contribution in [3.63, 3.8) is 0 Å². The first kappa shape index (κ1) is 19.3. The van der Waals surface area contributed by atoms with Gasteiger partial charge < -0.3 is 15.5 Å². The summed E-state index contributed by atoms with van der Waals surface area (Å²) in [5, 5.41) is 8.36. The highest BCUT2D eigenvalue weighted by molar-refractivity contribution is 8.02. The number of aliphatic imine (C=N–C) groups is 2. The molecule has 0 bridgehead atoms. The van der Waals surface area contributed by atoms with Crippen molar-refractivity contribution in [3.05, 3.63) is 29.3 Å². The highest BCUT2D eigenvalue weighted by Gasteiger charge is 2.23. The van der Waals surface area contributed by atoms with Crippen molar-refractivity contribution in [2.24, 2.45) is 15.9 Å². The minimum absolute atomic E-state index is 0.694. The van der Waals surface area contributed by atoms with E-state index in [4.69, 9.17) is 4.98 Å². The first-order valence-electron chi connectivity index (χ1n) is 8.59. The van der Waals surface area contributed by atoms with Crippen LogP contribution in [0.25, 0.3) is 5.70 Å². The summed E-state index contributed by atoms with van der Waals surface area (Å²) in [6, 6.07) is 6.04. The smallest absolute Gasteiger partial charge is 0.191 e. The molecule has 0 amide bonds. The Morgan fingerprint density at radius 1 is 1.44 bits per heavy atom. The van der Waals surface area contributed by atoms with E-state index in [0.717, 1.165) is 42.2 Å². The highest BCUT2D eigenvalue weighted by atomic mass is 32.2. The van der Waals surface area contributed by atoms with Gasteiger partial charge in [0.25, 0.3) is 0 Å². The van der Waals surface area contributed by atoms with Gasteiger partial charge in [0.1, 0.15) is 5.82 Å². The monoisotopic (exact) mass is 360 g/mol. The van der Waals surface area contributed by atoms with Gasteiger partial charge in [-0.05, 0) is 44.5 Å². The zero-order valence-electron chi connectivity index (χ0n) is 15.3. The predicted molar refractivity (Wildman–Crippen MR) is 110 cm³/mol. The molecule has 0 unspecified atom stereocenters. The van der Waals surface area contributed by atoms with Gasteiger partial charge in [0, 0.05) is 32.6 Å². The number of hydrogen-bond donors (Lipinski definition) is 2. The van der Waals surface area contributed by atoms with Crippen LogP contribution in [-0.2, 0) is 0 Å². The lowest BCUT2D eigenvalue weighted by atomic mass is 10.3. The summed E-state index contributed by atoms with van der Waals surface area (Å²) in [6.07, 6.45) is 2.67. The third-order valence-corrected chi connectivity index (χ3v) is 4.57. The van der Waals surface area contributed by atoms with Crippen LogP contribution in [0.3, 0.4) is 0 Å². The summed E-state index contributed by atoms with van der Waals surface area (Å²) in [7, 11) is 3.86. The maximum atomic E-state index is 4.74.